The molecule has 1 aromatic heterocycles. The van der Waals surface area contributed by atoms with Gasteiger partial charge >= 0.3 is 0 Å². The Morgan fingerprint density at radius 3 is 2.56 bits per heavy atom. The van der Waals surface area contributed by atoms with Crippen LogP contribution in [0.4, 0.5) is 11.6 Å². The molecule has 1 N–H and O–H groups in total. The Hall–Kier alpha value is -2.67. The molecule has 1 fully saturated rings. The lowest BCUT2D eigenvalue weighted by Gasteiger charge is -2.33. The van der Waals surface area contributed by atoms with Crippen LogP contribution in [0.3, 0.4) is 0 Å². The van der Waals surface area contributed by atoms with E-state index >= 15 is 0 Å². The summed E-state index contributed by atoms with van der Waals surface area (Å²) in [5.41, 5.74) is 3.03. The van der Waals surface area contributed by atoms with Crippen LogP contribution in [0.15, 0.2) is 24.3 Å². The van der Waals surface area contributed by atoms with Gasteiger partial charge < -0.3 is 19.9 Å². The Morgan fingerprint density at radius 2 is 1.89 bits per heavy atom. The molecule has 2 aromatic rings. The molecule has 0 saturated carbocycles. The number of carbonyl (C=O) groups excluding carboxylic acids is 1. The highest BCUT2D eigenvalue weighted by molar-refractivity contribution is 5.92. The van der Waals surface area contributed by atoms with E-state index in [-0.39, 0.29) is 5.91 Å². The van der Waals surface area contributed by atoms with Crippen LogP contribution in [0.25, 0.3) is 0 Å². The standard InChI is InChI=1S/C20H27N5O2/c1-5-24-8-10-25(11-9-24)19(26)17-13-15(3)21-20(23-17)22-16-12-14(2)6-7-18(16)27-4/h6-7,12-13H,5,8-11H2,1-4H3,(H,21,22,23). The molecule has 0 unspecified atom stereocenters. The smallest absolute Gasteiger partial charge is 0.272 e. The predicted molar refractivity (Wildman–Crippen MR) is 106 cm³/mol. The first kappa shape index (κ1) is 19.1. The third-order valence-corrected chi connectivity index (χ3v) is 4.78. The van der Waals surface area contributed by atoms with Crippen LogP contribution in [0.5, 0.6) is 5.75 Å². The van der Waals surface area contributed by atoms with Gasteiger partial charge in [0.2, 0.25) is 5.95 Å². The highest BCUT2D eigenvalue weighted by Crippen LogP contribution is 2.27. The van der Waals surface area contributed by atoms with Gasteiger partial charge in [0, 0.05) is 31.9 Å². The molecule has 2 heterocycles. The van der Waals surface area contributed by atoms with Crippen molar-refractivity contribution in [3.63, 3.8) is 0 Å². The summed E-state index contributed by atoms with van der Waals surface area (Å²) < 4.78 is 5.40. The number of nitrogens with one attached hydrogen (secondary N) is 1. The van der Waals surface area contributed by atoms with E-state index in [1.807, 2.05) is 36.9 Å². The highest BCUT2D eigenvalue weighted by Gasteiger charge is 2.23. The zero-order valence-corrected chi connectivity index (χ0v) is 16.5. The number of rotatable bonds is 5. The third-order valence-electron chi connectivity index (χ3n) is 4.78. The van der Waals surface area contributed by atoms with Crippen molar-refractivity contribution in [2.45, 2.75) is 20.8 Å². The molecule has 1 aromatic carbocycles. The first-order chi connectivity index (χ1) is 13.0. The van der Waals surface area contributed by atoms with E-state index in [0.29, 0.717) is 17.4 Å². The third kappa shape index (κ3) is 4.54. The summed E-state index contributed by atoms with van der Waals surface area (Å²) in [6.07, 6.45) is 0. The van der Waals surface area contributed by atoms with E-state index in [0.717, 1.165) is 49.7 Å². The fourth-order valence-corrected chi connectivity index (χ4v) is 3.20. The molecule has 7 nitrogen and oxygen atoms in total. The van der Waals surface area contributed by atoms with Crippen LogP contribution in [0.2, 0.25) is 0 Å². The number of methoxy groups -OCH3 is 1. The molecule has 1 saturated heterocycles. The van der Waals surface area contributed by atoms with Gasteiger partial charge in [0.15, 0.2) is 0 Å². The molecule has 3 rings (SSSR count). The molecule has 0 atom stereocenters. The number of carbonyl (C=O) groups is 1. The van der Waals surface area contributed by atoms with Gasteiger partial charge in [-0.05, 0) is 44.2 Å². The maximum absolute atomic E-state index is 12.9. The maximum Gasteiger partial charge on any atom is 0.272 e. The Morgan fingerprint density at radius 1 is 1.15 bits per heavy atom. The number of ether oxygens (including phenoxy) is 1. The first-order valence-electron chi connectivity index (χ1n) is 9.29. The summed E-state index contributed by atoms with van der Waals surface area (Å²) in [5, 5.41) is 3.19. The minimum atomic E-state index is -0.0458. The van der Waals surface area contributed by atoms with Crippen LogP contribution in [-0.2, 0) is 0 Å². The number of anilines is 2. The van der Waals surface area contributed by atoms with Crippen molar-refractivity contribution in [3.05, 3.63) is 41.2 Å². The minimum absolute atomic E-state index is 0.0458. The average molecular weight is 369 g/mol. The largest absolute Gasteiger partial charge is 0.495 e. The maximum atomic E-state index is 12.9. The van der Waals surface area contributed by atoms with Gasteiger partial charge in [-0.3, -0.25) is 4.79 Å². The lowest BCUT2D eigenvalue weighted by molar-refractivity contribution is 0.0637. The van der Waals surface area contributed by atoms with Crippen LogP contribution in [0, 0.1) is 13.8 Å². The fraction of sp³-hybridized carbons (Fsp3) is 0.450. The summed E-state index contributed by atoms with van der Waals surface area (Å²) in [6.45, 7) is 10.3. The molecule has 27 heavy (non-hydrogen) atoms. The zero-order valence-electron chi connectivity index (χ0n) is 16.5. The zero-order chi connectivity index (χ0) is 19.4. The Balaban J connectivity index is 1.80. The predicted octanol–water partition coefficient (Wildman–Crippen LogP) is 2.62. The van der Waals surface area contributed by atoms with E-state index in [2.05, 4.69) is 27.1 Å². The number of hydrogen-bond acceptors (Lipinski definition) is 6. The number of nitrogens with zero attached hydrogens (tertiary/aromatic N) is 4. The number of hydrogen-bond donors (Lipinski definition) is 1. The topological polar surface area (TPSA) is 70.6 Å². The lowest BCUT2D eigenvalue weighted by atomic mass is 10.2. The van der Waals surface area contributed by atoms with E-state index in [9.17, 15) is 4.79 Å². The Kier molecular flexibility index (Phi) is 5.91. The highest BCUT2D eigenvalue weighted by atomic mass is 16.5. The van der Waals surface area contributed by atoms with Crippen molar-refractivity contribution in [2.24, 2.45) is 0 Å². The number of aryl methyl sites for hydroxylation is 2. The fourth-order valence-electron chi connectivity index (χ4n) is 3.20. The summed E-state index contributed by atoms with van der Waals surface area (Å²) in [4.78, 5) is 26.0. The Labute approximate surface area is 160 Å². The van der Waals surface area contributed by atoms with Crippen molar-refractivity contribution in [3.8, 4) is 5.75 Å². The number of piperazine rings is 1. The van der Waals surface area contributed by atoms with Crippen LogP contribution in [0.1, 0.15) is 28.7 Å². The van der Waals surface area contributed by atoms with Crippen molar-refractivity contribution in [1.82, 2.24) is 19.8 Å². The van der Waals surface area contributed by atoms with Gasteiger partial charge in [0.1, 0.15) is 11.4 Å². The first-order valence-corrected chi connectivity index (χ1v) is 9.29. The van der Waals surface area contributed by atoms with Gasteiger partial charge in [-0.1, -0.05) is 13.0 Å². The van der Waals surface area contributed by atoms with Crippen molar-refractivity contribution in [1.29, 1.82) is 0 Å². The second kappa shape index (κ2) is 8.35. The van der Waals surface area contributed by atoms with Crippen LogP contribution >= 0.6 is 0 Å². The minimum Gasteiger partial charge on any atom is -0.495 e. The quantitative estimate of drug-likeness (QED) is 0.874. The molecule has 1 amide bonds. The molecule has 0 radical (unpaired) electrons. The molecule has 0 spiro atoms. The Bertz CT molecular complexity index is 816. The number of aromatic nitrogens is 2. The summed E-state index contributed by atoms with van der Waals surface area (Å²) in [5.74, 6) is 1.05. The van der Waals surface area contributed by atoms with Gasteiger partial charge in [0.25, 0.3) is 5.91 Å². The lowest BCUT2D eigenvalue weighted by Crippen LogP contribution is -2.48. The molecule has 0 bridgehead atoms. The van der Waals surface area contributed by atoms with Gasteiger partial charge in [-0.15, -0.1) is 0 Å². The van der Waals surface area contributed by atoms with Gasteiger partial charge in [-0.2, -0.15) is 0 Å². The SMILES string of the molecule is CCN1CCN(C(=O)c2cc(C)nc(Nc3cc(C)ccc3OC)n2)CC1. The molecule has 1 aliphatic heterocycles. The molecule has 0 aliphatic carbocycles. The van der Waals surface area contributed by atoms with Crippen LogP contribution < -0.4 is 10.1 Å². The second-order valence-electron chi connectivity index (χ2n) is 6.77. The second-order valence-corrected chi connectivity index (χ2v) is 6.77. The average Bonchev–Trinajstić information content (AvgIpc) is 2.67. The number of amides is 1. The van der Waals surface area contributed by atoms with Crippen molar-refractivity contribution >= 4 is 17.5 Å². The summed E-state index contributed by atoms with van der Waals surface area (Å²) >= 11 is 0. The van der Waals surface area contributed by atoms with Crippen molar-refractivity contribution in [2.75, 3.05) is 45.2 Å². The molecular formula is C20H27N5O2. The number of likely N-dealkylation sites (N-methyl/N-ethyl adjacent to an activating group) is 1. The molecule has 7 heteroatoms. The van der Waals surface area contributed by atoms with E-state index in [1.54, 1.807) is 13.2 Å². The number of benzene rings is 1. The summed E-state index contributed by atoms with van der Waals surface area (Å²) in [6, 6.07) is 7.59. The molecule has 144 valence electrons. The van der Waals surface area contributed by atoms with E-state index in [1.165, 1.54) is 0 Å². The molecule has 1 aliphatic rings. The molecular weight excluding hydrogens is 342 g/mol. The van der Waals surface area contributed by atoms with E-state index < -0.39 is 0 Å². The summed E-state index contributed by atoms with van der Waals surface area (Å²) in [7, 11) is 1.62. The van der Waals surface area contributed by atoms with Crippen LogP contribution in [-0.4, -0.2) is 65.5 Å². The monoisotopic (exact) mass is 369 g/mol. The normalized spacial score (nSPS) is 14.9. The van der Waals surface area contributed by atoms with E-state index in [4.69, 9.17) is 4.74 Å². The van der Waals surface area contributed by atoms with Crippen molar-refractivity contribution < 1.29 is 9.53 Å². The van der Waals surface area contributed by atoms with Gasteiger partial charge in [0.05, 0.1) is 12.8 Å². The van der Waals surface area contributed by atoms with Gasteiger partial charge in [-0.25, -0.2) is 9.97 Å².